The van der Waals surface area contributed by atoms with Crippen molar-refractivity contribution in [2.75, 3.05) is 41.0 Å². The van der Waals surface area contributed by atoms with Crippen LogP contribution in [0.4, 0.5) is 28.7 Å². The van der Waals surface area contributed by atoms with Gasteiger partial charge >= 0.3 is 0 Å². The minimum atomic E-state index is -0.149. The van der Waals surface area contributed by atoms with Gasteiger partial charge in [0.15, 0.2) is 23.1 Å². The maximum absolute atomic E-state index is 12.3. The number of ether oxygens (including phenoxy) is 1. The molecule has 6 aromatic carbocycles. The number of amides is 2. The monoisotopic (exact) mass is 1370 g/mol. The molecule has 0 aliphatic carbocycles. The molecule has 510 valence electrons. The van der Waals surface area contributed by atoms with Crippen molar-refractivity contribution >= 4 is 98.4 Å². The third-order valence-electron chi connectivity index (χ3n) is 14.8. The molecule has 0 saturated carbocycles. The van der Waals surface area contributed by atoms with E-state index in [0.717, 1.165) is 78.5 Å². The van der Waals surface area contributed by atoms with Gasteiger partial charge in [-0.1, -0.05) is 155 Å². The number of hydrogen-bond acceptors (Lipinski definition) is 13. The third-order valence-corrected chi connectivity index (χ3v) is 15.8. The normalized spacial score (nSPS) is 10.4. The van der Waals surface area contributed by atoms with E-state index in [1.165, 1.54) is 25.7 Å². The summed E-state index contributed by atoms with van der Waals surface area (Å²) in [6.07, 6.45) is 10.2. The molecule has 0 unspecified atom stereocenters. The van der Waals surface area contributed by atoms with E-state index in [0.29, 0.717) is 86.3 Å². The second-order valence-electron chi connectivity index (χ2n) is 22.5. The van der Waals surface area contributed by atoms with E-state index in [1.54, 1.807) is 109 Å². The van der Waals surface area contributed by atoms with Gasteiger partial charge in [0, 0.05) is 114 Å². The molecule has 10 N–H and O–H groups in total. The molecule has 2 amide bonds. The van der Waals surface area contributed by atoms with Crippen LogP contribution in [0.5, 0.6) is 0 Å². The van der Waals surface area contributed by atoms with Crippen LogP contribution in [0.15, 0.2) is 194 Å². The molecule has 9 aromatic rings. The van der Waals surface area contributed by atoms with Crippen molar-refractivity contribution in [3.8, 4) is 22.5 Å². The Hall–Kier alpha value is -9.29. The number of pyridine rings is 2. The second kappa shape index (κ2) is 43.7. The zero-order chi connectivity index (χ0) is 70.3. The van der Waals surface area contributed by atoms with Crippen LogP contribution in [-0.2, 0) is 27.4 Å². The van der Waals surface area contributed by atoms with Gasteiger partial charge in [0.2, 0.25) is 11.8 Å². The smallest absolute Gasteiger partial charge is 0.224 e. The Balaban J connectivity index is 0.000000237. The van der Waals surface area contributed by atoms with Crippen LogP contribution in [-0.4, -0.2) is 62.7 Å². The molecular weight excluding hydrogens is 1280 g/mol. The van der Waals surface area contributed by atoms with Gasteiger partial charge in [-0.05, 0) is 159 Å². The number of aromatic nitrogens is 3. The second-order valence-corrected chi connectivity index (χ2v) is 23.8. The van der Waals surface area contributed by atoms with Gasteiger partial charge in [0.05, 0.1) is 33.7 Å². The highest BCUT2D eigenvalue weighted by atomic mass is 35.5. The standard InChI is InChI=1S/C27H27ClN4O.C21H22ClNO3.C16H14ClNO2.C8H18O.C6H9N3/c1-2-3-11-27(33)31-20-14-12-19(13-15-20)24-16-17-25(22-8-4-5-9-23(22)28)32(24)18-21-7-6-10-26(29)30-21;1-2-3-8-21(26)23-16-11-9-15(10-12-16)19(24)13-14-20(25)17-6-4-5-7-18(17)22;17-14-4-2-1-3-13(14)16(20)10-9-15(19)11-5-7-12(18)8-6-11;1-3-5-7-9-8-6-4-2;7-4-5-2-1-3-6(8)9-5/h4-10,12-17H,2-3,11,18H2,1H3,(H2,29,30)(H,31,33);4-7,9-12H,2-3,8,13-14H2,1H3,(H,23,26);1-8H,9-10,18H2;3-8H2,1-2H3;1-3H,4,7H2,(H2,8,9). The fourth-order valence-corrected chi connectivity index (χ4v) is 10.1. The number of nitrogens with zero attached hydrogens (tertiary/aromatic N) is 3. The van der Waals surface area contributed by atoms with Gasteiger partial charge in [-0.15, -0.1) is 0 Å². The van der Waals surface area contributed by atoms with Crippen LogP contribution in [0.25, 0.3) is 22.5 Å². The van der Waals surface area contributed by atoms with Crippen molar-refractivity contribution in [3.05, 3.63) is 243 Å². The molecule has 0 bridgehead atoms. The molecule has 0 aliphatic heterocycles. The lowest BCUT2D eigenvalue weighted by Gasteiger charge is -2.15. The van der Waals surface area contributed by atoms with E-state index in [2.05, 4.69) is 58.1 Å². The average Bonchev–Trinajstić information content (AvgIpc) is 1.66. The number of carbonyl (C=O) groups excluding carboxylic acids is 6. The van der Waals surface area contributed by atoms with E-state index < -0.39 is 0 Å². The molecule has 0 saturated heterocycles. The van der Waals surface area contributed by atoms with Crippen LogP contribution in [0.3, 0.4) is 0 Å². The first kappa shape index (κ1) is 78.4. The number of unbranched alkanes of at least 4 members (excludes halogenated alkanes) is 4. The van der Waals surface area contributed by atoms with E-state index in [-0.39, 0.29) is 60.6 Å². The number of anilines is 5. The molecule has 0 radical (unpaired) electrons. The van der Waals surface area contributed by atoms with Crippen LogP contribution in [0.1, 0.15) is 170 Å². The molecule has 9 rings (SSSR count). The van der Waals surface area contributed by atoms with Gasteiger partial charge in [0.25, 0.3) is 0 Å². The largest absolute Gasteiger partial charge is 0.399 e. The van der Waals surface area contributed by atoms with Crippen molar-refractivity contribution in [1.82, 2.24) is 14.5 Å². The number of nitrogens with one attached hydrogen (secondary N) is 2. The number of rotatable bonds is 29. The van der Waals surface area contributed by atoms with Crippen molar-refractivity contribution in [1.29, 1.82) is 0 Å². The first-order chi connectivity index (χ1) is 46.9. The molecule has 0 atom stereocenters. The summed E-state index contributed by atoms with van der Waals surface area (Å²) in [5.41, 5.74) is 31.9. The molecule has 3 heterocycles. The SMILES string of the molecule is CCCCC(=O)Nc1ccc(-c2ccc(-c3ccccc3Cl)n2Cc2cccc(N)n2)cc1.CCCCC(=O)Nc1ccc(C(=O)CCC(=O)c2ccccc2Cl)cc1.CCCCOCCCC.NCc1cccc(N)n1.Nc1ccc(C(=O)CCC(=O)c2ccccc2Cl)cc1. The highest BCUT2D eigenvalue weighted by Crippen LogP contribution is 2.34. The number of Topliss-reactive ketones (excluding diaryl/α,β-unsaturated/α-hetero) is 4. The van der Waals surface area contributed by atoms with Crippen molar-refractivity contribution in [3.63, 3.8) is 0 Å². The Labute approximate surface area is 585 Å². The predicted molar refractivity (Wildman–Crippen MR) is 398 cm³/mol. The Morgan fingerprint density at radius 1 is 0.423 bits per heavy atom. The first-order valence-corrected chi connectivity index (χ1v) is 33.9. The van der Waals surface area contributed by atoms with Crippen molar-refractivity contribution in [2.24, 2.45) is 5.73 Å². The van der Waals surface area contributed by atoms with Gasteiger partial charge in [0.1, 0.15) is 11.6 Å². The summed E-state index contributed by atoms with van der Waals surface area (Å²) >= 11 is 18.5. The number of benzene rings is 6. The quantitative estimate of drug-likeness (QED) is 0.0145. The summed E-state index contributed by atoms with van der Waals surface area (Å²) < 4.78 is 7.51. The minimum absolute atomic E-state index is 0.0312. The van der Waals surface area contributed by atoms with Crippen LogP contribution in [0, 0.1) is 0 Å². The van der Waals surface area contributed by atoms with Crippen LogP contribution in [0.2, 0.25) is 15.1 Å². The highest BCUT2D eigenvalue weighted by Gasteiger charge is 2.18. The Bertz CT molecular complexity index is 3910. The Kier molecular flexibility index (Phi) is 35.3. The van der Waals surface area contributed by atoms with E-state index in [9.17, 15) is 28.8 Å². The van der Waals surface area contributed by atoms with Gasteiger partial charge in [-0.25, -0.2) is 9.97 Å². The summed E-state index contributed by atoms with van der Waals surface area (Å²) in [6, 6.07) is 58.0. The number of hydrogen-bond donors (Lipinski definition) is 6. The topological polar surface area (TPSA) is 270 Å². The molecule has 19 heteroatoms. The van der Waals surface area contributed by atoms with Crippen LogP contribution < -0.4 is 33.6 Å². The lowest BCUT2D eigenvalue weighted by molar-refractivity contribution is -0.117. The lowest BCUT2D eigenvalue weighted by Crippen LogP contribution is -2.11. The molecule has 3 aromatic heterocycles. The molecule has 0 spiro atoms. The number of ketones is 4. The molecule has 97 heavy (non-hydrogen) atoms. The molecule has 0 fully saturated rings. The summed E-state index contributed by atoms with van der Waals surface area (Å²) in [5.74, 6) is 0.558. The predicted octanol–water partition coefficient (Wildman–Crippen LogP) is 18.4. The van der Waals surface area contributed by atoms with Gasteiger partial charge < -0.3 is 42.9 Å². The lowest BCUT2D eigenvalue weighted by atomic mass is 10.0. The number of halogens is 3. The zero-order valence-electron chi connectivity index (χ0n) is 55.8. The summed E-state index contributed by atoms with van der Waals surface area (Å²) in [6.45, 7) is 11.4. The fraction of sp³-hybridized carbons (Fsp3) is 0.282. The Morgan fingerprint density at radius 2 is 0.835 bits per heavy atom. The number of nitrogen functional groups attached to an aromatic ring is 3. The van der Waals surface area contributed by atoms with Crippen molar-refractivity contribution in [2.45, 2.75) is 131 Å². The average molecular weight is 1370 g/mol. The van der Waals surface area contributed by atoms with Crippen LogP contribution >= 0.6 is 34.8 Å². The van der Waals surface area contributed by atoms with Crippen molar-refractivity contribution < 1.29 is 33.5 Å². The summed E-state index contributed by atoms with van der Waals surface area (Å²) in [5, 5.41) is 7.27. The summed E-state index contributed by atoms with van der Waals surface area (Å²) in [4.78, 5) is 80.6. The highest BCUT2D eigenvalue weighted by molar-refractivity contribution is 6.34. The van der Waals surface area contributed by atoms with E-state index >= 15 is 0 Å². The molecule has 16 nitrogen and oxygen atoms in total. The zero-order valence-corrected chi connectivity index (χ0v) is 58.1. The fourth-order valence-electron chi connectivity index (χ4n) is 9.39. The molecular formula is C78H90Cl3N9O7. The summed E-state index contributed by atoms with van der Waals surface area (Å²) in [7, 11) is 0. The van der Waals surface area contributed by atoms with E-state index in [4.69, 9.17) is 62.5 Å². The number of nitrogens with two attached hydrogens (primary N) is 4. The maximum Gasteiger partial charge on any atom is 0.224 e. The minimum Gasteiger partial charge on any atom is -0.399 e. The Morgan fingerprint density at radius 3 is 1.28 bits per heavy atom. The van der Waals surface area contributed by atoms with E-state index in [1.807, 2.05) is 79.7 Å². The third kappa shape index (κ3) is 28.1. The maximum atomic E-state index is 12.3. The van der Waals surface area contributed by atoms with Gasteiger partial charge in [-0.2, -0.15) is 0 Å². The molecule has 0 aliphatic rings. The van der Waals surface area contributed by atoms with Gasteiger partial charge in [-0.3, -0.25) is 28.8 Å². The number of carbonyl (C=O) groups is 6. The first-order valence-electron chi connectivity index (χ1n) is 32.8.